The molecular formula is C23H15N5O5. The number of hydrogen-bond acceptors (Lipinski definition) is 7. The minimum atomic E-state index is -0.502. The summed E-state index contributed by atoms with van der Waals surface area (Å²) in [6, 6.07) is 20.5. The number of nitro groups is 2. The molecule has 10 heteroatoms. The zero-order valence-electron chi connectivity index (χ0n) is 16.9. The van der Waals surface area contributed by atoms with Crippen molar-refractivity contribution in [1.29, 1.82) is 0 Å². The van der Waals surface area contributed by atoms with Crippen LogP contribution in [0.5, 0.6) is 0 Å². The summed E-state index contributed by atoms with van der Waals surface area (Å²) in [5.41, 5.74) is 1.80. The number of non-ortho nitro benzene ring substituents is 2. The lowest BCUT2D eigenvalue weighted by atomic mass is 10.2. The molecule has 4 rings (SSSR count). The molecular weight excluding hydrogens is 426 g/mol. The Morgan fingerprint density at radius 3 is 1.88 bits per heavy atom. The summed E-state index contributed by atoms with van der Waals surface area (Å²) in [7, 11) is 0. The zero-order chi connectivity index (χ0) is 23.4. The number of hydrazone groups is 1. The molecule has 0 N–H and O–H groups in total. The Labute approximate surface area is 187 Å². The van der Waals surface area contributed by atoms with Crippen LogP contribution < -0.4 is 0 Å². The van der Waals surface area contributed by atoms with Crippen LogP contribution in [-0.4, -0.2) is 32.8 Å². The standard InChI is InChI=1S/C23H15N5O5/c29-23-21(14-16-6-10-19(11-7-16)27(30)31)25-22(18-4-2-1-3-5-18)26(23)24-15-17-8-12-20(13-9-17)28(32)33/h1-15H/b21-14+,24-15+. The van der Waals surface area contributed by atoms with Crippen molar-refractivity contribution in [2.45, 2.75) is 0 Å². The third-order valence-electron chi connectivity index (χ3n) is 4.70. The second-order valence-electron chi connectivity index (χ2n) is 6.89. The molecule has 1 heterocycles. The predicted molar refractivity (Wildman–Crippen MR) is 122 cm³/mol. The van der Waals surface area contributed by atoms with Crippen molar-refractivity contribution >= 4 is 35.4 Å². The topological polar surface area (TPSA) is 131 Å². The van der Waals surface area contributed by atoms with E-state index in [1.807, 2.05) is 6.07 Å². The molecule has 0 aliphatic carbocycles. The van der Waals surface area contributed by atoms with Crippen molar-refractivity contribution in [3.8, 4) is 0 Å². The second-order valence-corrected chi connectivity index (χ2v) is 6.89. The molecule has 3 aromatic carbocycles. The van der Waals surface area contributed by atoms with Crippen molar-refractivity contribution in [3.05, 3.63) is 121 Å². The molecule has 1 aliphatic heterocycles. The average Bonchev–Trinajstić information content (AvgIpc) is 3.14. The van der Waals surface area contributed by atoms with E-state index in [0.717, 1.165) is 5.01 Å². The minimum Gasteiger partial charge on any atom is -0.265 e. The largest absolute Gasteiger partial charge is 0.298 e. The first-order valence-electron chi connectivity index (χ1n) is 9.65. The predicted octanol–water partition coefficient (Wildman–Crippen LogP) is 4.17. The van der Waals surface area contributed by atoms with E-state index in [2.05, 4.69) is 10.1 Å². The van der Waals surface area contributed by atoms with Crippen LogP contribution in [0.25, 0.3) is 6.08 Å². The first-order chi connectivity index (χ1) is 15.9. The molecule has 0 spiro atoms. The van der Waals surface area contributed by atoms with E-state index < -0.39 is 15.8 Å². The van der Waals surface area contributed by atoms with Gasteiger partial charge in [0.25, 0.3) is 17.3 Å². The van der Waals surface area contributed by atoms with E-state index in [1.54, 1.807) is 24.3 Å². The number of benzene rings is 3. The lowest BCUT2D eigenvalue weighted by Crippen LogP contribution is -2.27. The van der Waals surface area contributed by atoms with Gasteiger partial charge in [0.2, 0.25) is 0 Å². The lowest BCUT2D eigenvalue weighted by Gasteiger charge is -2.11. The number of carbonyl (C=O) groups is 1. The van der Waals surface area contributed by atoms with E-state index in [-0.39, 0.29) is 17.1 Å². The summed E-state index contributed by atoms with van der Waals surface area (Å²) < 4.78 is 0. The smallest absolute Gasteiger partial charge is 0.265 e. The SMILES string of the molecule is O=C1/C(=C\c2ccc([N+](=O)[O-])cc2)N=C(c2ccccc2)N1/N=C/c1ccc([N+](=O)[O-])cc1. The van der Waals surface area contributed by atoms with Crippen LogP contribution in [0, 0.1) is 20.2 Å². The van der Waals surface area contributed by atoms with Gasteiger partial charge in [-0.15, -0.1) is 0 Å². The molecule has 162 valence electrons. The number of amides is 1. The Kier molecular flexibility index (Phi) is 5.81. The zero-order valence-corrected chi connectivity index (χ0v) is 16.9. The molecule has 1 amide bonds. The van der Waals surface area contributed by atoms with E-state index in [4.69, 9.17) is 0 Å². The molecule has 0 saturated heterocycles. The normalized spacial score (nSPS) is 14.7. The number of nitrogens with zero attached hydrogens (tertiary/aromatic N) is 5. The third-order valence-corrected chi connectivity index (χ3v) is 4.70. The number of aliphatic imine (C=N–C) groups is 1. The van der Waals surface area contributed by atoms with Crippen LogP contribution in [-0.2, 0) is 4.79 Å². The van der Waals surface area contributed by atoms with E-state index in [1.165, 1.54) is 60.8 Å². The molecule has 0 saturated carbocycles. The molecule has 0 atom stereocenters. The van der Waals surface area contributed by atoms with Gasteiger partial charge >= 0.3 is 0 Å². The fraction of sp³-hybridized carbons (Fsp3) is 0. The van der Waals surface area contributed by atoms with Crippen molar-refractivity contribution < 1.29 is 14.6 Å². The van der Waals surface area contributed by atoms with Crippen LogP contribution in [0.3, 0.4) is 0 Å². The van der Waals surface area contributed by atoms with Gasteiger partial charge < -0.3 is 0 Å². The van der Waals surface area contributed by atoms with Gasteiger partial charge in [-0.05, 0) is 41.5 Å². The number of amidine groups is 1. The number of hydrogen-bond donors (Lipinski definition) is 0. The molecule has 33 heavy (non-hydrogen) atoms. The summed E-state index contributed by atoms with van der Waals surface area (Å²) in [4.78, 5) is 38.2. The second kappa shape index (κ2) is 9.02. The highest BCUT2D eigenvalue weighted by molar-refractivity contribution is 6.19. The fourth-order valence-corrected chi connectivity index (χ4v) is 3.05. The molecule has 0 fully saturated rings. The van der Waals surface area contributed by atoms with Gasteiger partial charge in [0.1, 0.15) is 5.70 Å². The van der Waals surface area contributed by atoms with E-state index in [0.29, 0.717) is 22.5 Å². The van der Waals surface area contributed by atoms with Crippen LogP contribution in [0.15, 0.2) is 94.7 Å². The molecule has 1 aliphatic rings. The van der Waals surface area contributed by atoms with Gasteiger partial charge in [0.05, 0.1) is 16.1 Å². The first kappa shape index (κ1) is 21.2. The molecule has 0 bridgehead atoms. The average molecular weight is 441 g/mol. The number of nitro benzene ring substituents is 2. The molecule has 10 nitrogen and oxygen atoms in total. The number of rotatable bonds is 6. The minimum absolute atomic E-state index is 0.0516. The van der Waals surface area contributed by atoms with Crippen molar-refractivity contribution in [1.82, 2.24) is 5.01 Å². The van der Waals surface area contributed by atoms with Gasteiger partial charge in [0.15, 0.2) is 5.84 Å². The quantitative estimate of drug-likeness (QED) is 0.245. The lowest BCUT2D eigenvalue weighted by molar-refractivity contribution is -0.385. The van der Waals surface area contributed by atoms with Crippen molar-refractivity contribution in [3.63, 3.8) is 0 Å². The Bertz CT molecular complexity index is 1310. The molecule has 0 unspecified atom stereocenters. The summed E-state index contributed by atoms with van der Waals surface area (Å²) in [6.45, 7) is 0. The maximum absolute atomic E-state index is 13.1. The van der Waals surface area contributed by atoms with Gasteiger partial charge in [-0.3, -0.25) is 25.0 Å². The van der Waals surface area contributed by atoms with Gasteiger partial charge in [-0.2, -0.15) is 10.1 Å². The van der Waals surface area contributed by atoms with Crippen molar-refractivity contribution in [2.75, 3.05) is 0 Å². The van der Waals surface area contributed by atoms with Gasteiger partial charge in [-0.1, -0.05) is 30.3 Å². The van der Waals surface area contributed by atoms with Gasteiger partial charge in [0, 0.05) is 29.8 Å². The Morgan fingerprint density at radius 1 is 0.788 bits per heavy atom. The summed E-state index contributed by atoms with van der Waals surface area (Å²) in [5, 5.41) is 27.1. The van der Waals surface area contributed by atoms with Crippen molar-refractivity contribution in [2.24, 2.45) is 10.1 Å². The molecule has 3 aromatic rings. The Hall–Kier alpha value is -4.99. The van der Waals surface area contributed by atoms with Crippen LogP contribution in [0.4, 0.5) is 11.4 Å². The maximum atomic E-state index is 13.1. The molecule has 0 radical (unpaired) electrons. The highest BCUT2D eigenvalue weighted by Gasteiger charge is 2.31. The maximum Gasteiger partial charge on any atom is 0.298 e. The van der Waals surface area contributed by atoms with E-state index >= 15 is 0 Å². The summed E-state index contributed by atoms with van der Waals surface area (Å²) in [5.74, 6) is -0.169. The monoisotopic (exact) mass is 441 g/mol. The third kappa shape index (κ3) is 4.69. The summed E-state index contributed by atoms with van der Waals surface area (Å²) in [6.07, 6.45) is 2.94. The molecule has 0 aromatic heterocycles. The summed E-state index contributed by atoms with van der Waals surface area (Å²) >= 11 is 0. The van der Waals surface area contributed by atoms with Crippen LogP contribution >= 0.6 is 0 Å². The van der Waals surface area contributed by atoms with Crippen LogP contribution in [0.2, 0.25) is 0 Å². The van der Waals surface area contributed by atoms with Crippen LogP contribution in [0.1, 0.15) is 16.7 Å². The Balaban J connectivity index is 1.67. The Morgan fingerprint density at radius 2 is 1.33 bits per heavy atom. The number of carbonyl (C=O) groups excluding carboxylic acids is 1. The first-order valence-corrected chi connectivity index (χ1v) is 9.65. The van der Waals surface area contributed by atoms with E-state index in [9.17, 15) is 25.0 Å². The highest BCUT2D eigenvalue weighted by Crippen LogP contribution is 2.23. The highest BCUT2D eigenvalue weighted by atomic mass is 16.6. The van der Waals surface area contributed by atoms with Gasteiger partial charge in [-0.25, -0.2) is 4.99 Å². The fourth-order valence-electron chi connectivity index (χ4n) is 3.05.